The number of hydrogen-bond acceptors (Lipinski definition) is 5. The van der Waals surface area contributed by atoms with Gasteiger partial charge in [-0.05, 0) is 18.1 Å². The first-order chi connectivity index (χ1) is 13.5. The van der Waals surface area contributed by atoms with E-state index in [-0.39, 0.29) is 23.7 Å². The second-order valence-corrected chi connectivity index (χ2v) is 8.30. The Morgan fingerprint density at radius 3 is 2.86 bits per heavy atom. The third kappa shape index (κ3) is 3.02. The van der Waals surface area contributed by atoms with Crippen molar-refractivity contribution in [3.8, 4) is 5.06 Å². The molecule has 1 spiro atoms. The lowest BCUT2D eigenvalue weighted by Crippen LogP contribution is -2.40. The van der Waals surface area contributed by atoms with Crippen molar-refractivity contribution in [2.45, 2.75) is 25.2 Å². The molecule has 2 amide bonds. The third-order valence-corrected chi connectivity index (χ3v) is 6.53. The molecular formula is C20H20N4O3S. The summed E-state index contributed by atoms with van der Waals surface area (Å²) >= 11 is 1.36. The monoisotopic (exact) mass is 396 g/mol. The van der Waals surface area contributed by atoms with Crippen molar-refractivity contribution in [3.05, 3.63) is 46.4 Å². The molecular weight excluding hydrogens is 376 g/mol. The second kappa shape index (κ2) is 6.91. The number of rotatable bonds is 3. The lowest BCUT2D eigenvalue weighted by molar-refractivity contribution is -0.127. The van der Waals surface area contributed by atoms with Crippen LogP contribution in [-0.2, 0) is 21.4 Å². The number of carbonyl (C=O) groups excluding carboxylic acids is 2. The van der Waals surface area contributed by atoms with Crippen molar-refractivity contribution >= 4 is 34.5 Å². The van der Waals surface area contributed by atoms with Crippen LogP contribution in [0.25, 0.3) is 4.85 Å². The molecule has 2 aliphatic heterocycles. The number of fused-ring (bicyclic) bond motifs is 2. The number of ether oxygens (including phenoxy) is 1. The molecule has 0 bridgehead atoms. The molecule has 7 nitrogen and oxygen atoms in total. The fourth-order valence-electron chi connectivity index (χ4n) is 4.13. The first-order valence-corrected chi connectivity index (χ1v) is 9.84. The average molecular weight is 396 g/mol. The predicted octanol–water partition coefficient (Wildman–Crippen LogP) is 2.78. The van der Waals surface area contributed by atoms with Gasteiger partial charge in [0.15, 0.2) is 10.8 Å². The summed E-state index contributed by atoms with van der Waals surface area (Å²) in [4.78, 5) is 36.4. The van der Waals surface area contributed by atoms with E-state index in [4.69, 9.17) is 11.3 Å². The van der Waals surface area contributed by atoms with E-state index in [1.54, 1.807) is 31.2 Å². The lowest BCUT2D eigenvalue weighted by Gasteiger charge is -2.25. The molecule has 2 aliphatic rings. The second-order valence-electron chi connectivity index (χ2n) is 7.22. The van der Waals surface area contributed by atoms with E-state index in [2.05, 4.69) is 9.83 Å². The zero-order valence-electron chi connectivity index (χ0n) is 15.8. The average Bonchev–Trinajstić information content (AvgIpc) is 3.40. The summed E-state index contributed by atoms with van der Waals surface area (Å²) in [7, 11) is 1.58. The fourth-order valence-corrected chi connectivity index (χ4v) is 4.86. The van der Waals surface area contributed by atoms with Crippen molar-refractivity contribution < 1.29 is 14.3 Å². The van der Waals surface area contributed by atoms with E-state index < -0.39 is 0 Å². The molecule has 3 heterocycles. The maximum Gasteiger partial charge on any atom is 0.233 e. The van der Waals surface area contributed by atoms with Gasteiger partial charge in [-0.15, -0.1) is 0 Å². The van der Waals surface area contributed by atoms with Crippen LogP contribution in [0, 0.1) is 6.57 Å². The highest BCUT2D eigenvalue weighted by molar-refractivity contribution is 7.13. The van der Waals surface area contributed by atoms with E-state index in [1.807, 2.05) is 17.0 Å². The van der Waals surface area contributed by atoms with E-state index >= 15 is 0 Å². The highest BCUT2D eigenvalue weighted by Crippen LogP contribution is 2.48. The Balaban J connectivity index is 1.66. The van der Waals surface area contributed by atoms with Gasteiger partial charge in [-0.1, -0.05) is 23.5 Å². The Kier molecular flexibility index (Phi) is 4.55. The number of nitrogens with zero attached hydrogens (tertiary/aromatic N) is 4. The van der Waals surface area contributed by atoms with Gasteiger partial charge in [0.2, 0.25) is 11.8 Å². The van der Waals surface area contributed by atoms with Crippen LogP contribution in [-0.4, -0.2) is 48.4 Å². The number of likely N-dealkylation sites (tertiary alicyclic amines) is 1. The first-order valence-electron chi connectivity index (χ1n) is 9.02. The van der Waals surface area contributed by atoms with Gasteiger partial charge in [0, 0.05) is 37.7 Å². The summed E-state index contributed by atoms with van der Waals surface area (Å²) < 4.78 is 5.16. The van der Waals surface area contributed by atoms with E-state index in [1.165, 1.54) is 11.3 Å². The summed E-state index contributed by atoms with van der Waals surface area (Å²) in [5.74, 6) is 0.00591. The summed E-state index contributed by atoms with van der Waals surface area (Å²) in [6.07, 6.45) is 2.61. The van der Waals surface area contributed by atoms with Gasteiger partial charge in [-0.2, -0.15) is 0 Å². The Hall–Kier alpha value is -2.92. The van der Waals surface area contributed by atoms with Crippen LogP contribution >= 0.6 is 11.3 Å². The zero-order valence-corrected chi connectivity index (χ0v) is 16.6. The van der Waals surface area contributed by atoms with Gasteiger partial charge in [0.25, 0.3) is 0 Å². The van der Waals surface area contributed by atoms with Crippen molar-refractivity contribution in [2.24, 2.45) is 0 Å². The van der Waals surface area contributed by atoms with E-state index in [0.717, 1.165) is 17.7 Å². The van der Waals surface area contributed by atoms with E-state index in [9.17, 15) is 9.59 Å². The number of thiazole rings is 1. The van der Waals surface area contributed by atoms with Crippen LogP contribution in [0.1, 0.15) is 23.9 Å². The molecule has 28 heavy (non-hydrogen) atoms. The van der Waals surface area contributed by atoms with Crippen LogP contribution in [0.5, 0.6) is 5.06 Å². The Bertz CT molecular complexity index is 996. The van der Waals surface area contributed by atoms with Crippen LogP contribution in [0.2, 0.25) is 0 Å². The number of anilines is 1. The maximum atomic E-state index is 13.1. The summed E-state index contributed by atoms with van der Waals surface area (Å²) in [5, 5.41) is 1.38. The highest BCUT2D eigenvalue weighted by Gasteiger charge is 2.49. The highest BCUT2D eigenvalue weighted by atomic mass is 32.1. The zero-order chi connectivity index (χ0) is 19.9. The molecule has 1 aromatic carbocycles. The smallest absolute Gasteiger partial charge is 0.233 e. The van der Waals surface area contributed by atoms with Crippen LogP contribution in [0.3, 0.4) is 0 Å². The number of carbonyl (C=O) groups is 2. The number of aromatic nitrogens is 1. The minimum atomic E-state index is -0.308. The summed E-state index contributed by atoms with van der Waals surface area (Å²) in [6.45, 7) is 10.7. The normalized spacial score (nSPS) is 20.3. The third-order valence-electron chi connectivity index (χ3n) is 5.57. The number of hydrogen-bond donors (Lipinski definition) is 0. The molecule has 0 saturated carbocycles. The van der Waals surface area contributed by atoms with Crippen molar-refractivity contribution in [2.75, 3.05) is 31.6 Å². The summed E-state index contributed by atoms with van der Waals surface area (Å²) in [5.41, 5.74) is 2.08. The topological polar surface area (TPSA) is 67.1 Å². The number of amides is 2. The van der Waals surface area contributed by atoms with Crippen molar-refractivity contribution in [3.63, 3.8) is 0 Å². The van der Waals surface area contributed by atoms with Crippen LogP contribution < -0.4 is 9.64 Å². The Morgan fingerprint density at radius 1 is 1.39 bits per heavy atom. The molecule has 0 aliphatic carbocycles. The molecule has 0 N–H and O–H groups in total. The SMILES string of the molecule is [C-]#[N+]c1ccc2c(c1)C1(CCN(C(C)=O)C1)CN2C(=O)Cc1ncc(OC)s1. The minimum absolute atomic E-state index is 0.0352. The fraction of sp³-hybridized carbons (Fsp3) is 0.400. The first kappa shape index (κ1) is 18.4. The Morgan fingerprint density at radius 2 is 2.21 bits per heavy atom. The largest absolute Gasteiger partial charge is 0.486 e. The van der Waals surface area contributed by atoms with Crippen LogP contribution in [0.15, 0.2) is 24.4 Å². The molecule has 1 unspecified atom stereocenters. The quantitative estimate of drug-likeness (QED) is 0.749. The van der Waals surface area contributed by atoms with Gasteiger partial charge >= 0.3 is 0 Å². The van der Waals surface area contributed by atoms with Gasteiger partial charge in [-0.25, -0.2) is 9.83 Å². The minimum Gasteiger partial charge on any atom is -0.486 e. The molecule has 144 valence electrons. The van der Waals surface area contributed by atoms with Crippen LogP contribution in [0.4, 0.5) is 11.4 Å². The molecule has 8 heteroatoms. The van der Waals surface area contributed by atoms with E-state index in [0.29, 0.717) is 35.4 Å². The van der Waals surface area contributed by atoms with Gasteiger partial charge in [0.05, 0.1) is 26.3 Å². The molecule has 1 aromatic heterocycles. The van der Waals surface area contributed by atoms with Crippen molar-refractivity contribution in [1.82, 2.24) is 9.88 Å². The number of methoxy groups -OCH3 is 1. The van der Waals surface area contributed by atoms with Crippen molar-refractivity contribution in [1.29, 1.82) is 0 Å². The molecule has 2 aromatic rings. The summed E-state index contributed by atoms with van der Waals surface area (Å²) in [6, 6.07) is 5.48. The number of benzene rings is 1. The van der Waals surface area contributed by atoms with Gasteiger partial charge < -0.3 is 14.5 Å². The lowest BCUT2D eigenvalue weighted by atomic mass is 9.81. The standard InChI is InChI=1S/C20H20N4O3S/c1-13(25)23-7-6-20(11-23)12-24(16-5-4-14(21-2)8-15(16)20)18(26)9-17-22-10-19(27-3)28-17/h4-5,8,10H,6-7,9,11-12H2,1,3H3. The predicted molar refractivity (Wildman–Crippen MR) is 106 cm³/mol. The Labute approximate surface area is 167 Å². The molecule has 1 fully saturated rings. The molecule has 1 atom stereocenters. The molecule has 1 saturated heterocycles. The molecule has 4 rings (SSSR count). The maximum absolute atomic E-state index is 13.1. The van der Waals surface area contributed by atoms with Gasteiger partial charge in [-0.3, -0.25) is 9.59 Å². The van der Waals surface area contributed by atoms with Gasteiger partial charge in [0.1, 0.15) is 5.01 Å². The molecule has 0 radical (unpaired) electrons.